The minimum absolute atomic E-state index is 0.0209. The Kier molecular flexibility index (Phi) is 5.92. The van der Waals surface area contributed by atoms with E-state index in [1.165, 1.54) is 51.4 Å². The first-order valence-corrected chi connectivity index (χ1v) is 15.1. The van der Waals surface area contributed by atoms with Gasteiger partial charge in [-0.15, -0.1) is 0 Å². The van der Waals surface area contributed by atoms with Crippen LogP contribution in [-0.2, 0) is 4.79 Å². The average Bonchev–Trinajstić information content (AvgIpc) is 3.08. The predicted octanol–water partition coefficient (Wildman–Crippen LogP) is 5.00. The van der Waals surface area contributed by atoms with Crippen LogP contribution in [0.5, 0.6) is 0 Å². The molecule has 1 aromatic heterocycles. The standard InChI is InChI=1S/C31H41N5O3/c1-18-11-19-13-20(12-18)15-23(14-19)34-21-7-6-8-22(34)17-24(16-21)35-26-10-5-4-9-25(26)32-27(28(35)37)36-29(38)31(2,3)33-30(36)39/h4-5,9-10,18-24H,6-8,11-17H2,1-3H3,(H,33,39)/t18?,19-,20+,21-,22+,23?,24?. The number of urea groups is 1. The lowest BCUT2D eigenvalue weighted by Crippen LogP contribution is -2.59. The monoisotopic (exact) mass is 531 g/mol. The molecule has 5 aliphatic rings. The number of fused-ring (bicyclic) bond motifs is 5. The van der Waals surface area contributed by atoms with Gasteiger partial charge in [-0.3, -0.25) is 14.5 Å². The summed E-state index contributed by atoms with van der Waals surface area (Å²) in [4.78, 5) is 48.6. The molecule has 1 aromatic carbocycles. The molecule has 3 aliphatic heterocycles. The highest BCUT2D eigenvalue weighted by Gasteiger charge is 2.49. The molecule has 8 nitrogen and oxygen atoms in total. The minimum atomic E-state index is -1.07. The van der Waals surface area contributed by atoms with E-state index in [2.05, 4.69) is 22.1 Å². The zero-order chi connectivity index (χ0) is 27.1. The predicted molar refractivity (Wildman–Crippen MR) is 151 cm³/mol. The van der Waals surface area contributed by atoms with E-state index in [-0.39, 0.29) is 17.4 Å². The van der Waals surface area contributed by atoms with Crippen LogP contribution in [-0.4, -0.2) is 50.1 Å². The van der Waals surface area contributed by atoms with Crippen LogP contribution in [0.4, 0.5) is 10.6 Å². The van der Waals surface area contributed by atoms with Crippen LogP contribution in [0.25, 0.3) is 11.0 Å². The second-order valence-corrected chi connectivity index (χ2v) is 13.8. The van der Waals surface area contributed by atoms with Gasteiger partial charge < -0.3 is 9.88 Å². The Balaban J connectivity index is 1.24. The molecule has 4 bridgehead atoms. The first-order valence-electron chi connectivity index (χ1n) is 15.1. The van der Waals surface area contributed by atoms with Gasteiger partial charge in [-0.1, -0.05) is 25.5 Å². The van der Waals surface area contributed by atoms with Gasteiger partial charge in [-0.2, -0.15) is 0 Å². The van der Waals surface area contributed by atoms with Crippen LogP contribution in [0.1, 0.15) is 91.0 Å². The molecule has 2 saturated carbocycles. The number of nitrogens with one attached hydrogen (secondary N) is 1. The molecule has 2 aliphatic carbocycles. The molecule has 3 unspecified atom stereocenters. The second-order valence-electron chi connectivity index (χ2n) is 13.8. The Morgan fingerprint density at radius 1 is 0.846 bits per heavy atom. The number of para-hydroxylation sites is 2. The summed E-state index contributed by atoms with van der Waals surface area (Å²) in [5.74, 6) is 2.10. The van der Waals surface area contributed by atoms with Crippen molar-refractivity contribution in [1.82, 2.24) is 19.8 Å². The van der Waals surface area contributed by atoms with Crippen molar-refractivity contribution in [3.05, 3.63) is 34.6 Å². The molecule has 39 heavy (non-hydrogen) atoms. The van der Waals surface area contributed by atoms with Gasteiger partial charge in [-0.25, -0.2) is 14.7 Å². The molecule has 3 amide bonds. The Morgan fingerprint density at radius 3 is 2.15 bits per heavy atom. The number of hydrogen-bond donors (Lipinski definition) is 1. The smallest absolute Gasteiger partial charge is 0.323 e. The molecule has 1 N–H and O–H groups in total. The van der Waals surface area contributed by atoms with Gasteiger partial charge in [0.15, 0.2) is 0 Å². The molecule has 208 valence electrons. The number of carbonyl (C=O) groups is 2. The summed E-state index contributed by atoms with van der Waals surface area (Å²) < 4.78 is 1.88. The largest absolute Gasteiger partial charge is 0.331 e. The fraction of sp³-hybridized carbons (Fsp3) is 0.677. The molecule has 5 fully saturated rings. The summed E-state index contributed by atoms with van der Waals surface area (Å²) in [5, 5.41) is 2.70. The lowest BCUT2D eigenvalue weighted by Gasteiger charge is -2.55. The van der Waals surface area contributed by atoms with E-state index in [0.717, 1.165) is 41.0 Å². The van der Waals surface area contributed by atoms with Crippen molar-refractivity contribution < 1.29 is 9.59 Å². The number of benzene rings is 1. The van der Waals surface area contributed by atoms with Gasteiger partial charge in [0.1, 0.15) is 5.54 Å². The van der Waals surface area contributed by atoms with E-state index in [9.17, 15) is 14.4 Å². The maximum absolute atomic E-state index is 14.2. The maximum Gasteiger partial charge on any atom is 0.331 e. The van der Waals surface area contributed by atoms with E-state index in [1.807, 2.05) is 28.8 Å². The van der Waals surface area contributed by atoms with E-state index >= 15 is 0 Å². The average molecular weight is 532 g/mol. The number of rotatable bonds is 3. The Hall–Kier alpha value is -2.74. The molecular weight excluding hydrogens is 490 g/mol. The summed E-state index contributed by atoms with van der Waals surface area (Å²) in [6.45, 7) is 5.75. The number of hydrogen-bond acceptors (Lipinski definition) is 5. The van der Waals surface area contributed by atoms with Crippen molar-refractivity contribution in [2.75, 3.05) is 4.90 Å². The van der Waals surface area contributed by atoms with Gasteiger partial charge >= 0.3 is 6.03 Å². The van der Waals surface area contributed by atoms with Crippen LogP contribution in [0.3, 0.4) is 0 Å². The van der Waals surface area contributed by atoms with Crippen molar-refractivity contribution in [1.29, 1.82) is 0 Å². The van der Waals surface area contributed by atoms with Gasteiger partial charge in [0, 0.05) is 24.2 Å². The normalized spacial score (nSPS) is 36.3. The lowest BCUT2D eigenvalue weighted by atomic mass is 9.65. The molecule has 8 heteroatoms. The van der Waals surface area contributed by atoms with Crippen LogP contribution < -0.4 is 15.8 Å². The van der Waals surface area contributed by atoms with E-state index in [4.69, 9.17) is 0 Å². The number of nitrogens with zero attached hydrogens (tertiary/aromatic N) is 4. The van der Waals surface area contributed by atoms with Crippen molar-refractivity contribution in [2.24, 2.45) is 17.8 Å². The zero-order valence-electron chi connectivity index (χ0n) is 23.4. The second kappa shape index (κ2) is 9.15. The number of imide groups is 1. The van der Waals surface area contributed by atoms with Gasteiger partial charge in [0.25, 0.3) is 11.5 Å². The van der Waals surface area contributed by atoms with Crippen LogP contribution >= 0.6 is 0 Å². The molecule has 7 atom stereocenters. The number of piperidine rings is 2. The van der Waals surface area contributed by atoms with Crippen molar-refractivity contribution in [2.45, 2.75) is 115 Å². The Labute approximate surface area is 230 Å². The fourth-order valence-electron chi connectivity index (χ4n) is 9.18. The molecule has 7 rings (SSSR count). The van der Waals surface area contributed by atoms with Gasteiger partial charge in [0.05, 0.1) is 11.0 Å². The summed E-state index contributed by atoms with van der Waals surface area (Å²) in [6, 6.07) is 8.71. The molecule has 2 aromatic rings. The quantitative estimate of drug-likeness (QED) is 0.563. The van der Waals surface area contributed by atoms with Crippen LogP contribution in [0.15, 0.2) is 29.1 Å². The third kappa shape index (κ3) is 4.12. The number of aromatic nitrogens is 2. The highest BCUT2D eigenvalue weighted by Crippen LogP contribution is 2.48. The van der Waals surface area contributed by atoms with E-state index in [1.54, 1.807) is 13.8 Å². The topological polar surface area (TPSA) is 87.5 Å². The number of anilines is 1. The Morgan fingerprint density at radius 2 is 1.51 bits per heavy atom. The highest BCUT2D eigenvalue weighted by atomic mass is 16.2. The van der Waals surface area contributed by atoms with E-state index < -0.39 is 17.5 Å². The minimum Gasteiger partial charge on any atom is -0.323 e. The van der Waals surface area contributed by atoms with Crippen molar-refractivity contribution in [3.63, 3.8) is 0 Å². The van der Waals surface area contributed by atoms with Gasteiger partial charge in [0.2, 0.25) is 5.82 Å². The molecule has 0 spiro atoms. The zero-order valence-corrected chi connectivity index (χ0v) is 23.4. The Bertz CT molecular complexity index is 1350. The maximum atomic E-state index is 14.2. The third-order valence-corrected chi connectivity index (χ3v) is 10.5. The summed E-state index contributed by atoms with van der Waals surface area (Å²) in [6.07, 6.45) is 12.3. The van der Waals surface area contributed by atoms with Crippen molar-refractivity contribution >= 4 is 28.8 Å². The molecular formula is C31H41N5O3. The molecule has 4 heterocycles. The number of amides is 3. The first kappa shape index (κ1) is 25.2. The first-order chi connectivity index (χ1) is 18.7. The van der Waals surface area contributed by atoms with Gasteiger partial charge in [-0.05, 0) is 102 Å². The third-order valence-electron chi connectivity index (χ3n) is 10.5. The van der Waals surface area contributed by atoms with Crippen LogP contribution in [0.2, 0.25) is 0 Å². The van der Waals surface area contributed by atoms with Crippen LogP contribution in [0, 0.1) is 17.8 Å². The SMILES string of the molecule is CC1C[C@@H]2CC(N3[C@@H]4CCC[C@H]3CC(n3c(=O)c(N5C(=O)NC(C)(C)C5=O)nc5ccccc53)C4)C[C@H](C1)C2. The molecule has 0 radical (unpaired) electrons. The number of carbonyl (C=O) groups excluding carboxylic acids is 2. The fourth-order valence-corrected chi connectivity index (χ4v) is 9.18. The lowest BCUT2D eigenvalue weighted by molar-refractivity contribution is -0.121. The summed E-state index contributed by atoms with van der Waals surface area (Å²) in [5.41, 5.74) is 0.0160. The summed E-state index contributed by atoms with van der Waals surface area (Å²) >= 11 is 0. The summed E-state index contributed by atoms with van der Waals surface area (Å²) in [7, 11) is 0. The highest BCUT2D eigenvalue weighted by molar-refractivity contribution is 6.22. The van der Waals surface area contributed by atoms with E-state index in [0.29, 0.717) is 23.6 Å². The van der Waals surface area contributed by atoms with Crippen molar-refractivity contribution in [3.8, 4) is 0 Å². The molecule has 3 saturated heterocycles.